The summed E-state index contributed by atoms with van der Waals surface area (Å²) in [6, 6.07) is 0. The van der Waals surface area contributed by atoms with Crippen molar-refractivity contribution in [2.45, 2.75) is 20.3 Å². The van der Waals surface area contributed by atoms with Crippen LogP contribution in [-0.2, 0) is 9.59 Å². The SMILES string of the molecule is CC1(C)C2C(=O)N(CCCS)C(=O)C21. The van der Waals surface area contributed by atoms with E-state index in [9.17, 15) is 9.59 Å². The first-order valence-electron chi connectivity index (χ1n) is 4.98. The fraction of sp³-hybridized carbons (Fsp3) is 0.800. The number of rotatable bonds is 3. The van der Waals surface area contributed by atoms with Crippen LogP contribution in [0.25, 0.3) is 0 Å². The van der Waals surface area contributed by atoms with E-state index in [2.05, 4.69) is 12.6 Å². The molecule has 0 aromatic heterocycles. The molecule has 2 unspecified atom stereocenters. The average Bonchev–Trinajstić information content (AvgIpc) is 2.57. The maximum atomic E-state index is 11.8. The lowest BCUT2D eigenvalue weighted by Gasteiger charge is -2.19. The van der Waals surface area contributed by atoms with Gasteiger partial charge in [-0.3, -0.25) is 14.5 Å². The smallest absolute Gasteiger partial charge is 0.233 e. The fourth-order valence-corrected chi connectivity index (χ4v) is 2.59. The average molecular weight is 213 g/mol. The molecule has 78 valence electrons. The van der Waals surface area contributed by atoms with Gasteiger partial charge in [-0.05, 0) is 17.6 Å². The molecule has 2 amide bonds. The van der Waals surface area contributed by atoms with Crippen molar-refractivity contribution in [3.8, 4) is 0 Å². The number of amides is 2. The monoisotopic (exact) mass is 213 g/mol. The van der Waals surface area contributed by atoms with Crippen LogP contribution < -0.4 is 0 Å². The Balaban J connectivity index is 2.06. The van der Waals surface area contributed by atoms with Crippen LogP contribution in [0.3, 0.4) is 0 Å². The topological polar surface area (TPSA) is 37.4 Å². The molecule has 0 radical (unpaired) electrons. The summed E-state index contributed by atoms with van der Waals surface area (Å²) in [5, 5.41) is 0. The standard InChI is InChI=1S/C10H15NO2S/c1-10(2)6-7(10)9(13)11(8(6)12)4-3-5-14/h6-7,14H,3-5H2,1-2H3. The van der Waals surface area contributed by atoms with Gasteiger partial charge in [-0.15, -0.1) is 0 Å². The first-order chi connectivity index (χ1) is 6.51. The Labute approximate surface area is 89.3 Å². The zero-order valence-electron chi connectivity index (χ0n) is 8.49. The minimum atomic E-state index is -0.0777. The largest absolute Gasteiger partial charge is 0.282 e. The van der Waals surface area contributed by atoms with Gasteiger partial charge in [0.05, 0.1) is 11.8 Å². The molecule has 2 aliphatic rings. The van der Waals surface area contributed by atoms with Gasteiger partial charge >= 0.3 is 0 Å². The summed E-state index contributed by atoms with van der Waals surface area (Å²) < 4.78 is 0. The van der Waals surface area contributed by atoms with E-state index in [0.717, 1.165) is 12.2 Å². The number of thiol groups is 1. The van der Waals surface area contributed by atoms with Gasteiger partial charge in [0.2, 0.25) is 11.8 Å². The Morgan fingerprint density at radius 3 is 2.21 bits per heavy atom. The van der Waals surface area contributed by atoms with E-state index in [1.54, 1.807) is 0 Å². The second-order valence-corrected chi connectivity index (χ2v) is 5.13. The van der Waals surface area contributed by atoms with Crippen LogP contribution in [0.1, 0.15) is 20.3 Å². The Kier molecular flexibility index (Phi) is 2.14. The van der Waals surface area contributed by atoms with E-state index >= 15 is 0 Å². The highest BCUT2D eigenvalue weighted by atomic mass is 32.1. The first kappa shape index (κ1) is 10.0. The van der Waals surface area contributed by atoms with Crippen molar-refractivity contribution in [3.63, 3.8) is 0 Å². The summed E-state index contributed by atoms with van der Waals surface area (Å²) in [7, 11) is 0. The Morgan fingerprint density at radius 2 is 1.79 bits per heavy atom. The third-order valence-corrected chi connectivity index (χ3v) is 3.75. The Bertz CT molecular complexity index is 276. The summed E-state index contributed by atoms with van der Waals surface area (Å²) in [5.41, 5.74) is -0.0777. The number of carbonyl (C=O) groups excluding carboxylic acids is 2. The molecule has 0 bridgehead atoms. The summed E-state index contributed by atoms with van der Waals surface area (Å²) in [5.74, 6) is 0.721. The van der Waals surface area contributed by atoms with E-state index in [1.807, 2.05) is 13.8 Å². The number of hydrogen-bond donors (Lipinski definition) is 1. The van der Waals surface area contributed by atoms with Crippen LogP contribution in [0.15, 0.2) is 0 Å². The van der Waals surface area contributed by atoms with E-state index in [4.69, 9.17) is 0 Å². The second-order valence-electron chi connectivity index (χ2n) is 4.68. The number of likely N-dealkylation sites (tertiary alicyclic amines) is 1. The molecule has 14 heavy (non-hydrogen) atoms. The van der Waals surface area contributed by atoms with Crippen LogP contribution in [0.5, 0.6) is 0 Å². The number of piperidine rings is 1. The quantitative estimate of drug-likeness (QED) is 0.560. The molecule has 1 aliphatic heterocycles. The van der Waals surface area contributed by atoms with Crippen molar-refractivity contribution in [2.75, 3.05) is 12.3 Å². The molecule has 3 nitrogen and oxygen atoms in total. The van der Waals surface area contributed by atoms with Crippen LogP contribution in [0.2, 0.25) is 0 Å². The fourth-order valence-electron chi connectivity index (χ4n) is 2.45. The highest BCUT2D eigenvalue weighted by Gasteiger charge is 2.72. The third kappa shape index (κ3) is 1.13. The van der Waals surface area contributed by atoms with Crippen molar-refractivity contribution in [2.24, 2.45) is 17.3 Å². The zero-order valence-corrected chi connectivity index (χ0v) is 9.38. The first-order valence-corrected chi connectivity index (χ1v) is 5.61. The lowest BCUT2D eigenvalue weighted by molar-refractivity contribution is -0.143. The van der Waals surface area contributed by atoms with Gasteiger partial charge < -0.3 is 0 Å². The summed E-state index contributed by atoms with van der Waals surface area (Å²) >= 11 is 4.07. The van der Waals surface area contributed by atoms with Gasteiger partial charge in [0, 0.05) is 6.54 Å². The van der Waals surface area contributed by atoms with Gasteiger partial charge in [-0.2, -0.15) is 12.6 Å². The second kappa shape index (κ2) is 2.99. The van der Waals surface area contributed by atoms with E-state index in [1.165, 1.54) is 4.90 Å². The number of imide groups is 1. The molecule has 2 atom stereocenters. The lowest BCUT2D eigenvalue weighted by atomic mass is 10.1. The Morgan fingerprint density at radius 1 is 1.29 bits per heavy atom. The highest BCUT2D eigenvalue weighted by molar-refractivity contribution is 7.80. The van der Waals surface area contributed by atoms with Crippen LogP contribution in [0, 0.1) is 17.3 Å². The van der Waals surface area contributed by atoms with E-state index < -0.39 is 0 Å². The van der Waals surface area contributed by atoms with Crippen molar-refractivity contribution in [3.05, 3.63) is 0 Å². The van der Waals surface area contributed by atoms with Crippen LogP contribution >= 0.6 is 12.6 Å². The van der Waals surface area contributed by atoms with Crippen LogP contribution in [0.4, 0.5) is 0 Å². The molecule has 0 N–H and O–H groups in total. The molecule has 1 saturated heterocycles. The number of nitrogens with zero attached hydrogens (tertiary/aromatic N) is 1. The lowest BCUT2D eigenvalue weighted by Crippen LogP contribution is -2.37. The number of carbonyl (C=O) groups is 2. The maximum Gasteiger partial charge on any atom is 0.233 e. The summed E-state index contributed by atoms with van der Waals surface area (Å²) in [6.45, 7) is 4.53. The van der Waals surface area contributed by atoms with Crippen molar-refractivity contribution in [1.82, 2.24) is 4.90 Å². The molecule has 0 aromatic rings. The van der Waals surface area contributed by atoms with Gasteiger partial charge in [0.15, 0.2) is 0 Å². The summed E-state index contributed by atoms with van der Waals surface area (Å²) in [4.78, 5) is 24.9. The third-order valence-electron chi connectivity index (χ3n) is 3.43. The Hall–Kier alpha value is -0.510. The molecule has 1 saturated carbocycles. The van der Waals surface area contributed by atoms with Gasteiger partial charge in [0.1, 0.15) is 0 Å². The number of hydrogen-bond acceptors (Lipinski definition) is 3. The maximum absolute atomic E-state index is 11.8. The molecule has 4 heteroatoms. The van der Waals surface area contributed by atoms with Crippen molar-refractivity contribution >= 4 is 24.4 Å². The van der Waals surface area contributed by atoms with Gasteiger partial charge in [-0.1, -0.05) is 13.8 Å². The van der Waals surface area contributed by atoms with E-state index in [-0.39, 0.29) is 29.1 Å². The molecule has 0 spiro atoms. The minimum absolute atomic E-state index is 0.0325. The van der Waals surface area contributed by atoms with Gasteiger partial charge in [0.25, 0.3) is 0 Å². The van der Waals surface area contributed by atoms with E-state index in [0.29, 0.717) is 6.54 Å². The summed E-state index contributed by atoms with van der Waals surface area (Å²) in [6.07, 6.45) is 0.792. The zero-order chi connectivity index (χ0) is 10.5. The number of fused-ring (bicyclic) bond motifs is 1. The highest BCUT2D eigenvalue weighted by Crippen LogP contribution is 2.63. The molecule has 1 aliphatic carbocycles. The minimum Gasteiger partial charge on any atom is -0.282 e. The molecular formula is C10H15NO2S. The molecular weight excluding hydrogens is 198 g/mol. The molecule has 0 aromatic carbocycles. The van der Waals surface area contributed by atoms with Crippen LogP contribution in [-0.4, -0.2) is 29.0 Å². The van der Waals surface area contributed by atoms with Gasteiger partial charge in [-0.25, -0.2) is 0 Å². The normalized spacial score (nSPS) is 33.5. The van der Waals surface area contributed by atoms with Crippen molar-refractivity contribution < 1.29 is 9.59 Å². The predicted molar refractivity (Wildman–Crippen MR) is 56.0 cm³/mol. The van der Waals surface area contributed by atoms with Crippen molar-refractivity contribution in [1.29, 1.82) is 0 Å². The molecule has 1 heterocycles. The predicted octanol–water partition coefficient (Wildman–Crippen LogP) is 0.947. The molecule has 2 fully saturated rings. The molecule has 2 rings (SSSR count).